The van der Waals surface area contributed by atoms with E-state index in [0.29, 0.717) is 6.42 Å². The van der Waals surface area contributed by atoms with E-state index >= 15 is 0 Å². The lowest BCUT2D eigenvalue weighted by molar-refractivity contribution is -0.137. The highest BCUT2D eigenvalue weighted by Gasteiger charge is 2.30. The average molecular weight is 263 g/mol. The molecule has 0 spiro atoms. The molecule has 0 atom stereocenters. The van der Waals surface area contributed by atoms with Crippen LogP contribution >= 0.6 is 0 Å². The average Bonchev–Trinajstić information content (AvgIpc) is 2.39. The molecule has 0 aromatic carbocycles. The third kappa shape index (κ3) is 3.91. The monoisotopic (exact) mass is 263 g/mol. The Hall–Kier alpha value is -2.17. The zero-order valence-electron chi connectivity index (χ0n) is 9.85. The second-order valence-corrected chi connectivity index (χ2v) is 3.82. The van der Waals surface area contributed by atoms with Gasteiger partial charge in [0, 0.05) is 31.1 Å². The van der Waals surface area contributed by atoms with Crippen LogP contribution in [0.5, 0.6) is 0 Å². The maximum absolute atomic E-state index is 12.5. The molecule has 2 aromatic rings. The zero-order chi connectivity index (χ0) is 13.7. The van der Waals surface area contributed by atoms with Crippen LogP contribution in [0.2, 0.25) is 0 Å². The SMILES string of the molecule is FC(F)(F)c1[c]c(CC=Cc2ccncc2)ncc1. The van der Waals surface area contributed by atoms with Crippen LogP contribution in [0.1, 0.15) is 16.8 Å². The summed E-state index contributed by atoms with van der Waals surface area (Å²) in [5, 5.41) is 0. The van der Waals surface area contributed by atoms with Gasteiger partial charge in [-0.3, -0.25) is 9.97 Å². The van der Waals surface area contributed by atoms with Crippen molar-refractivity contribution in [2.45, 2.75) is 12.6 Å². The summed E-state index contributed by atoms with van der Waals surface area (Å²) in [6.07, 6.45) is 3.90. The van der Waals surface area contributed by atoms with Crippen molar-refractivity contribution in [1.82, 2.24) is 9.97 Å². The highest BCUT2D eigenvalue weighted by Crippen LogP contribution is 2.28. The van der Waals surface area contributed by atoms with Gasteiger partial charge in [-0.1, -0.05) is 12.2 Å². The number of nitrogens with zero attached hydrogens (tertiary/aromatic N) is 2. The van der Waals surface area contributed by atoms with Crippen LogP contribution in [0.4, 0.5) is 13.2 Å². The highest BCUT2D eigenvalue weighted by atomic mass is 19.4. The van der Waals surface area contributed by atoms with E-state index < -0.39 is 11.7 Å². The molecule has 19 heavy (non-hydrogen) atoms. The first-order valence-corrected chi connectivity index (χ1v) is 5.56. The Labute approximate surface area is 108 Å². The third-order valence-corrected chi connectivity index (χ3v) is 2.38. The molecule has 2 nitrogen and oxygen atoms in total. The van der Waals surface area contributed by atoms with E-state index in [0.717, 1.165) is 17.8 Å². The number of hydrogen-bond donors (Lipinski definition) is 0. The lowest BCUT2D eigenvalue weighted by Gasteiger charge is -2.06. The largest absolute Gasteiger partial charge is 0.417 e. The van der Waals surface area contributed by atoms with E-state index in [9.17, 15) is 13.2 Å². The van der Waals surface area contributed by atoms with Crippen molar-refractivity contribution in [1.29, 1.82) is 0 Å². The van der Waals surface area contributed by atoms with E-state index in [1.807, 2.05) is 0 Å². The van der Waals surface area contributed by atoms with Crippen LogP contribution < -0.4 is 0 Å². The van der Waals surface area contributed by atoms with Crippen LogP contribution in [0.15, 0.2) is 42.9 Å². The van der Waals surface area contributed by atoms with Crippen LogP contribution in [-0.4, -0.2) is 9.97 Å². The zero-order valence-corrected chi connectivity index (χ0v) is 9.85. The molecule has 0 amide bonds. The van der Waals surface area contributed by atoms with Crippen molar-refractivity contribution in [3.05, 3.63) is 65.8 Å². The molecule has 97 valence electrons. The normalized spacial score (nSPS) is 11.9. The van der Waals surface area contributed by atoms with Crippen molar-refractivity contribution in [2.24, 2.45) is 0 Å². The minimum absolute atomic E-state index is 0.264. The maximum Gasteiger partial charge on any atom is 0.417 e. The number of halogens is 3. The Morgan fingerprint density at radius 1 is 1.11 bits per heavy atom. The molecule has 0 bridgehead atoms. The van der Waals surface area contributed by atoms with Gasteiger partial charge in [0.25, 0.3) is 0 Å². The number of rotatable bonds is 3. The molecule has 0 aliphatic rings. The van der Waals surface area contributed by atoms with E-state index in [1.165, 1.54) is 0 Å². The summed E-state index contributed by atoms with van der Waals surface area (Å²) in [6.45, 7) is 0. The van der Waals surface area contributed by atoms with Gasteiger partial charge >= 0.3 is 6.18 Å². The molecule has 0 aliphatic carbocycles. The van der Waals surface area contributed by atoms with Gasteiger partial charge in [-0.25, -0.2) is 0 Å². The summed E-state index contributed by atoms with van der Waals surface area (Å²) >= 11 is 0. The Morgan fingerprint density at radius 3 is 2.53 bits per heavy atom. The number of allylic oxidation sites excluding steroid dienone is 1. The first-order chi connectivity index (χ1) is 9.05. The minimum Gasteiger partial charge on any atom is -0.265 e. The summed E-state index contributed by atoms with van der Waals surface area (Å²) in [7, 11) is 0. The fourth-order valence-corrected chi connectivity index (χ4v) is 1.48. The fourth-order valence-electron chi connectivity index (χ4n) is 1.48. The standard InChI is InChI=1S/C14H10F3N2/c15-14(16,17)12-6-9-19-13(10-12)3-1-2-11-4-7-18-8-5-11/h1-2,4-9H,3H2. The second-order valence-electron chi connectivity index (χ2n) is 3.82. The molecular formula is C14H10F3N2. The van der Waals surface area contributed by atoms with Crippen LogP contribution in [0.25, 0.3) is 6.08 Å². The minimum atomic E-state index is -4.38. The summed E-state index contributed by atoms with van der Waals surface area (Å²) in [6, 6.07) is 6.79. The van der Waals surface area contributed by atoms with Gasteiger partial charge in [0.1, 0.15) is 0 Å². The second kappa shape index (κ2) is 5.65. The van der Waals surface area contributed by atoms with Crippen molar-refractivity contribution < 1.29 is 13.2 Å². The van der Waals surface area contributed by atoms with E-state index in [4.69, 9.17) is 0 Å². The van der Waals surface area contributed by atoms with Crippen LogP contribution in [0, 0.1) is 6.07 Å². The molecule has 1 radical (unpaired) electrons. The van der Waals surface area contributed by atoms with Gasteiger partial charge in [-0.05, 0) is 23.8 Å². The molecule has 5 heteroatoms. The van der Waals surface area contributed by atoms with Crippen molar-refractivity contribution in [3.8, 4) is 0 Å². The van der Waals surface area contributed by atoms with Crippen molar-refractivity contribution >= 4 is 6.08 Å². The van der Waals surface area contributed by atoms with Gasteiger partial charge in [0.2, 0.25) is 0 Å². The summed E-state index contributed by atoms with van der Waals surface area (Å²) < 4.78 is 37.4. The van der Waals surface area contributed by atoms with Crippen LogP contribution in [-0.2, 0) is 12.6 Å². The maximum atomic E-state index is 12.5. The predicted octanol–water partition coefficient (Wildman–Crippen LogP) is 3.55. The quantitative estimate of drug-likeness (QED) is 0.846. The Bertz CT molecular complexity index is 562. The molecule has 0 aliphatic heterocycles. The number of pyridine rings is 2. The van der Waals surface area contributed by atoms with E-state index in [1.54, 1.807) is 36.7 Å². The Balaban J connectivity index is 2.06. The predicted molar refractivity (Wildman–Crippen MR) is 65.1 cm³/mol. The lowest BCUT2D eigenvalue weighted by Crippen LogP contribution is -2.06. The first kappa shape index (κ1) is 13.3. The molecule has 2 rings (SSSR count). The van der Waals surface area contributed by atoms with Gasteiger partial charge in [0.15, 0.2) is 0 Å². The number of alkyl halides is 3. The van der Waals surface area contributed by atoms with Gasteiger partial charge < -0.3 is 0 Å². The summed E-state index contributed by atoms with van der Waals surface area (Å²) in [5.41, 5.74) is 0.400. The molecular weight excluding hydrogens is 253 g/mol. The lowest BCUT2D eigenvalue weighted by atomic mass is 10.1. The molecule has 0 saturated heterocycles. The molecule has 2 heterocycles. The Morgan fingerprint density at radius 2 is 1.84 bits per heavy atom. The summed E-state index contributed by atoms with van der Waals surface area (Å²) in [5.74, 6) is 0. The van der Waals surface area contributed by atoms with Crippen LogP contribution in [0.3, 0.4) is 0 Å². The van der Waals surface area contributed by atoms with Gasteiger partial charge in [0.05, 0.1) is 11.3 Å². The van der Waals surface area contributed by atoms with Crippen molar-refractivity contribution in [3.63, 3.8) is 0 Å². The third-order valence-electron chi connectivity index (χ3n) is 2.38. The molecule has 2 aromatic heterocycles. The smallest absolute Gasteiger partial charge is 0.265 e. The first-order valence-electron chi connectivity index (χ1n) is 5.56. The topological polar surface area (TPSA) is 25.8 Å². The van der Waals surface area contributed by atoms with Gasteiger partial charge in [-0.15, -0.1) is 0 Å². The summed E-state index contributed by atoms with van der Waals surface area (Å²) in [4.78, 5) is 7.74. The molecule has 0 unspecified atom stereocenters. The van der Waals surface area contributed by atoms with E-state index in [-0.39, 0.29) is 5.69 Å². The number of aromatic nitrogens is 2. The fraction of sp³-hybridized carbons (Fsp3) is 0.143. The number of hydrogen-bond acceptors (Lipinski definition) is 2. The Kier molecular flexibility index (Phi) is 3.94. The van der Waals surface area contributed by atoms with Gasteiger partial charge in [-0.2, -0.15) is 13.2 Å². The van der Waals surface area contributed by atoms with E-state index in [2.05, 4.69) is 16.0 Å². The highest BCUT2D eigenvalue weighted by molar-refractivity contribution is 5.48. The molecule has 0 fully saturated rings. The van der Waals surface area contributed by atoms with Crippen molar-refractivity contribution in [2.75, 3.05) is 0 Å². The molecule has 0 saturated carbocycles. The molecule has 0 N–H and O–H groups in total.